The van der Waals surface area contributed by atoms with Gasteiger partial charge in [0, 0.05) is 26.6 Å². The fourth-order valence-electron chi connectivity index (χ4n) is 1.84. The number of carboxylic acids is 1. The molecule has 7 heteroatoms. The third-order valence-electron chi connectivity index (χ3n) is 2.89. The summed E-state index contributed by atoms with van der Waals surface area (Å²) < 4.78 is 5.20. The van der Waals surface area contributed by atoms with Gasteiger partial charge >= 0.3 is 12.0 Å². The number of rotatable bonds is 5. The maximum absolute atomic E-state index is 12.1. The molecule has 104 valence electrons. The van der Waals surface area contributed by atoms with Crippen LogP contribution >= 0.6 is 0 Å². The Morgan fingerprint density at radius 1 is 1.50 bits per heavy atom. The molecule has 0 bridgehead atoms. The fourth-order valence-corrected chi connectivity index (χ4v) is 1.84. The third kappa shape index (κ3) is 4.15. The van der Waals surface area contributed by atoms with Crippen LogP contribution in [0.1, 0.15) is 12.8 Å². The van der Waals surface area contributed by atoms with Crippen molar-refractivity contribution in [2.24, 2.45) is 0 Å². The first-order chi connectivity index (χ1) is 8.56. The van der Waals surface area contributed by atoms with E-state index in [-0.39, 0.29) is 25.1 Å². The average Bonchev–Trinajstić information content (AvgIpc) is 2.37. The quantitative estimate of drug-likeness (QED) is 0.701. The molecule has 1 saturated heterocycles. The second-order valence-electron chi connectivity index (χ2n) is 4.31. The van der Waals surface area contributed by atoms with Crippen LogP contribution in [0.2, 0.25) is 0 Å². The maximum atomic E-state index is 12.1. The number of hydrogen-bond donors (Lipinski definition) is 2. The van der Waals surface area contributed by atoms with E-state index in [9.17, 15) is 14.7 Å². The number of carbonyl (C=O) groups is 2. The van der Waals surface area contributed by atoms with Crippen molar-refractivity contribution in [3.05, 3.63) is 0 Å². The summed E-state index contributed by atoms with van der Waals surface area (Å²) in [5.41, 5.74) is 0. The van der Waals surface area contributed by atoms with Gasteiger partial charge in [0.1, 0.15) is 0 Å². The first-order valence-corrected chi connectivity index (χ1v) is 5.98. The molecule has 0 saturated carbocycles. The number of nitrogens with zero attached hydrogens (tertiary/aromatic N) is 2. The zero-order valence-electron chi connectivity index (χ0n) is 10.5. The Morgan fingerprint density at radius 3 is 2.83 bits per heavy atom. The number of aliphatic hydroxyl groups is 1. The highest BCUT2D eigenvalue weighted by atomic mass is 16.5. The molecule has 0 aromatic rings. The molecule has 18 heavy (non-hydrogen) atoms. The highest BCUT2D eigenvalue weighted by molar-refractivity contribution is 5.74. The minimum absolute atomic E-state index is 0.0458. The van der Waals surface area contributed by atoms with E-state index in [4.69, 9.17) is 9.84 Å². The summed E-state index contributed by atoms with van der Waals surface area (Å²) in [4.78, 5) is 25.5. The number of carbonyl (C=O) groups excluding carboxylic acids is 1. The van der Waals surface area contributed by atoms with Crippen LogP contribution in [0.5, 0.6) is 0 Å². The van der Waals surface area contributed by atoms with Crippen LogP contribution in [0.15, 0.2) is 0 Å². The molecule has 1 aliphatic rings. The lowest BCUT2D eigenvalue weighted by atomic mass is 10.2. The van der Waals surface area contributed by atoms with Gasteiger partial charge in [0.15, 0.2) is 0 Å². The predicted molar refractivity (Wildman–Crippen MR) is 63.3 cm³/mol. The van der Waals surface area contributed by atoms with Crippen LogP contribution in [0.3, 0.4) is 0 Å². The van der Waals surface area contributed by atoms with Gasteiger partial charge < -0.3 is 24.7 Å². The Labute approximate surface area is 106 Å². The van der Waals surface area contributed by atoms with Crippen molar-refractivity contribution >= 4 is 12.0 Å². The molecule has 1 rings (SSSR count). The van der Waals surface area contributed by atoms with Gasteiger partial charge in [-0.2, -0.15) is 0 Å². The molecule has 2 N–H and O–H groups in total. The average molecular weight is 260 g/mol. The van der Waals surface area contributed by atoms with E-state index >= 15 is 0 Å². The molecule has 0 spiro atoms. The molecular weight excluding hydrogens is 240 g/mol. The summed E-state index contributed by atoms with van der Waals surface area (Å²) in [6.45, 7) is 1.51. The lowest BCUT2D eigenvalue weighted by Crippen LogP contribution is -2.54. The summed E-state index contributed by atoms with van der Waals surface area (Å²) in [6.07, 6.45) is 0.468. The smallest absolute Gasteiger partial charge is 0.320 e. The van der Waals surface area contributed by atoms with E-state index < -0.39 is 5.97 Å². The topological polar surface area (TPSA) is 90.3 Å². The van der Waals surface area contributed by atoms with Gasteiger partial charge in [-0.25, -0.2) is 4.79 Å². The minimum atomic E-state index is -0.865. The van der Waals surface area contributed by atoms with Gasteiger partial charge in [-0.1, -0.05) is 0 Å². The zero-order chi connectivity index (χ0) is 13.5. The van der Waals surface area contributed by atoms with Gasteiger partial charge in [0.2, 0.25) is 0 Å². The number of aliphatic hydroxyl groups excluding tert-OH is 1. The van der Waals surface area contributed by atoms with Crippen molar-refractivity contribution in [2.75, 3.05) is 40.0 Å². The summed E-state index contributed by atoms with van der Waals surface area (Å²) in [5, 5.41) is 17.7. The number of morpholine rings is 1. The normalized spacial score (nSPS) is 19.7. The molecule has 2 amide bonds. The molecule has 7 nitrogen and oxygen atoms in total. The Hall–Kier alpha value is -1.34. The molecule has 1 aliphatic heterocycles. The van der Waals surface area contributed by atoms with Crippen molar-refractivity contribution in [1.29, 1.82) is 0 Å². The fraction of sp³-hybridized carbons (Fsp3) is 0.818. The second-order valence-corrected chi connectivity index (χ2v) is 4.31. The van der Waals surface area contributed by atoms with Crippen molar-refractivity contribution in [1.82, 2.24) is 9.80 Å². The number of carboxylic acid groups (broad SMARTS) is 1. The van der Waals surface area contributed by atoms with E-state index in [0.717, 1.165) is 0 Å². The Kier molecular flexibility index (Phi) is 5.87. The van der Waals surface area contributed by atoms with Crippen LogP contribution in [-0.2, 0) is 9.53 Å². The van der Waals surface area contributed by atoms with E-state index in [1.165, 1.54) is 4.90 Å². The molecule has 0 aliphatic carbocycles. The number of aliphatic carboxylic acids is 1. The van der Waals surface area contributed by atoms with Crippen LogP contribution < -0.4 is 0 Å². The van der Waals surface area contributed by atoms with Gasteiger partial charge in [-0.05, 0) is 6.42 Å². The Bertz CT molecular complexity index is 297. The molecule has 1 unspecified atom stereocenters. The summed E-state index contributed by atoms with van der Waals surface area (Å²) >= 11 is 0. The first-order valence-electron chi connectivity index (χ1n) is 5.98. The maximum Gasteiger partial charge on any atom is 0.320 e. The van der Waals surface area contributed by atoms with Crippen LogP contribution in [0.25, 0.3) is 0 Å². The van der Waals surface area contributed by atoms with Gasteiger partial charge in [0.25, 0.3) is 0 Å². The molecule has 1 fully saturated rings. The standard InChI is InChI=1S/C11H20N2O5/c1-12(4-2-3-10(15)16)11(17)13-5-6-18-8-9(13)7-14/h9,14H,2-8H2,1H3,(H,15,16). The van der Waals surface area contributed by atoms with E-state index in [1.54, 1.807) is 11.9 Å². The largest absolute Gasteiger partial charge is 0.481 e. The molecule has 1 heterocycles. The van der Waals surface area contributed by atoms with Gasteiger partial charge in [0.05, 0.1) is 25.9 Å². The highest BCUT2D eigenvalue weighted by Gasteiger charge is 2.28. The first kappa shape index (κ1) is 14.7. The van der Waals surface area contributed by atoms with Crippen LogP contribution in [0, 0.1) is 0 Å². The third-order valence-corrected chi connectivity index (χ3v) is 2.89. The summed E-state index contributed by atoms with van der Waals surface area (Å²) in [5.74, 6) is -0.865. The minimum Gasteiger partial charge on any atom is -0.481 e. The van der Waals surface area contributed by atoms with E-state index in [0.29, 0.717) is 32.7 Å². The van der Waals surface area contributed by atoms with Crippen molar-refractivity contribution < 1.29 is 24.5 Å². The van der Waals surface area contributed by atoms with E-state index in [1.807, 2.05) is 0 Å². The molecular formula is C11H20N2O5. The zero-order valence-corrected chi connectivity index (χ0v) is 10.5. The molecule has 0 aromatic heterocycles. The van der Waals surface area contributed by atoms with E-state index in [2.05, 4.69) is 0 Å². The van der Waals surface area contributed by atoms with Crippen LogP contribution in [-0.4, -0.2) is 78.0 Å². The molecule has 0 aromatic carbocycles. The Balaban J connectivity index is 2.43. The number of ether oxygens (including phenoxy) is 1. The summed E-state index contributed by atoms with van der Waals surface area (Å²) in [6, 6.07) is -0.504. The van der Waals surface area contributed by atoms with Crippen molar-refractivity contribution in [3.8, 4) is 0 Å². The predicted octanol–water partition coefficient (Wildman–Crippen LogP) is -0.404. The Morgan fingerprint density at radius 2 is 2.22 bits per heavy atom. The van der Waals surface area contributed by atoms with Crippen molar-refractivity contribution in [3.63, 3.8) is 0 Å². The number of amides is 2. The summed E-state index contributed by atoms with van der Waals surface area (Å²) in [7, 11) is 1.63. The lowest BCUT2D eigenvalue weighted by Gasteiger charge is -2.36. The van der Waals surface area contributed by atoms with Crippen molar-refractivity contribution in [2.45, 2.75) is 18.9 Å². The molecule has 1 atom stereocenters. The SMILES string of the molecule is CN(CCCC(=O)O)C(=O)N1CCOCC1CO. The highest BCUT2D eigenvalue weighted by Crippen LogP contribution is 2.09. The monoisotopic (exact) mass is 260 g/mol. The van der Waals surface area contributed by atoms with Gasteiger partial charge in [-0.3, -0.25) is 4.79 Å². The number of hydrogen-bond acceptors (Lipinski definition) is 4. The number of urea groups is 1. The second kappa shape index (κ2) is 7.17. The van der Waals surface area contributed by atoms with Crippen LogP contribution in [0.4, 0.5) is 4.79 Å². The van der Waals surface area contributed by atoms with Gasteiger partial charge in [-0.15, -0.1) is 0 Å². The molecule has 0 radical (unpaired) electrons. The lowest BCUT2D eigenvalue weighted by molar-refractivity contribution is -0.137.